The van der Waals surface area contributed by atoms with Gasteiger partial charge in [-0.2, -0.15) is 0 Å². The molecular weight excluding hydrogens is 250 g/mol. The van der Waals surface area contributed by atoms with Crippen molar-refractivity contribution in [2.45, 2.75) is 26.3 Å². The molecule has 1 saturated heterocycles. The molecule has 1 rings (SSSR count). The zero-order valence-electron chi connectivity index (χ0n) is 13.3. The first-order valence-corrected chi connectivity index (χ1v) is 7.35. The Labute approximate surface area is 123 Å². The van der Waals surface area contributed by atoms with Crippen molar-refractivity contribution >= 4 is 6.21 Å². The number of aliphatic imine (C=N–C) groups is 1. The second-order valence-corrected chi connectivity index (χ2v) is 5.89. The third kappa shape index (κ3) is 5.19. The van der Waals surface area contributed by atoms with Crippen LogP contribution in [0.4, 0.5) is 0 Å². The van der Waals surface area contributed by atoms with Gasteiger partial charge in [0.2, 0.25) is 0 Å². The highest BCUT2D eigenvalue weighted by Gasteiger charge is 2.29. The van der Waals surface area contributed by atoms with Crippen molar-refractivity contribution in [2.24, 2.45) is 4.99 Å². The van der Waals surface area contributed by atoms with Gasteiger partial charge in [0.05, 0.1) is 6.61 Å². The van der Waals surface area contributed by atoms with Crippen LogP contribution in [-0.2, 0) is 0 Å². The lowest BCUT2D eigenvalue weighted by Gasteiger charge is -2.43. The Morgan fingerprint density at radius 3 is 2.40 bits per heavy atom. The lowest BCUT2D eigenvalue weighted by atomic mass is 10.0. The number of rotatable bonds is 6. The van der Waals surface area contributed by atoms with E-state index in [2.05, 4.69) is 40.8 Å². The number of hydrogen-bond donors (Lipinski definition) is 1. The number of allylic oxidation sites excluding steroid dienone is 3. The summed E-state index contributed by atoms with van der Waals surface area (Å²) in [6.45, 7) is 11.5. The predicted molar refractivity (Wildman–Crippen MR) is 86.5 cm³/mol. The van der Waals surface area contributed by atoms with Gasteiger partial charge in [-0.15, -0.1) is 0 Å². The van der Waals surface area contributed by atoms with Crippen LogP contribution in [0.2, 0.25) is 0 Å². The first-order chi connectivity index (χ1) is 9.53. The average molecular weight is 279 g/mol. The van der Waals surface area contributed by atoms with E-state index in [4.69, 9.17) is 0 Å². The lowest BCUT2D eigenvalue weighted by Crippen LogP contribution is -2.56. The SMILES string of the molecule is C/C=C/C=C(\C=NC)CN1CCN(C(C)(C)CO)CC1. The highest BCUT2D eigenvalue weighted by molar-refractivity contribution is 5.79. The predicted octanol–water partition coefficient (Wildman–Crippen LogP) is 1.58. The van der Waals surface area contributed by atoms with Crippen LogP contribution < -0.4 is 0 Å². The molecule has 1 N–H and O–H groups in total. The fraction of sp³-hybridized carbons (Fsp3) is 0.688. The maximum Gasteiger partial charge on any atom is 0.0610 e. The van der Waals surface area contributed by atoms with Crippen LogP contribution in [0.3, 0.4) is 0 Å². The van der Waals surface area contributed by atoms with Gasteiger partial charge in [0.15, 0.2) is 0 Å². The van der Waals surface area contributed by atoms with E-state index in [1.807, 2.05) is 26.3 Å². The first-order valence-electron chi connectivity index (χ1n) is 7.35. The Morgan fingerprint density at radius 2 is 1.90 bits per heavy atom. The Bertz CT molecular complexity index is 364. The monoisotopic (exact) mass is 279 g/mol. The smallest absolute Gasteiger partial charge is 0.0610 e. The van der Waals surface area contributed by atoms with E-state index in [9.17, 15) is 5.11 Å². The quantitative estimate of drug-likeness (QED) is 0.593. The molecule has 1 aliphatic rings. The standard InChI is InChI=1S/C16H29N3O/c1-5-6-7-15(12-17-4)13-18-8-10-19(11-9-18)16(2,3)14-20/h5-7,12,20H,8-11,13-14H2,1-4H3/b6-5+,15-7+,17-12?. The summed E-state index contributed by atoms with van der Waals surface area (Å²) in [6.07, 6.45) is 8.15. The molecule has 0 atom stereocenters. The van der Waals surface area contributed by atoms with Gasteiger partial charge in [0.25, 0.3) is 0 Å². The molecule has 0 aromatic rings. The minimum absolute atomic E-state index is 0.111. The number of piperazine rings is 1. The van der Waals surface area contributed by atoms with Crippen LogP contribution in [0.1, 0.15) is 20.8 Å². The molecule has 0 saturated carbocycles. The summed E-state index contributed by atoms with van der Waals surface area (Å²) in [6, 6.07) is 0. The van der Waals surface area contributed by atoms with Crippen molar-refractivity contribution in [1.82, 2.24) is 9.80 Å². The van der Waals surface area contributed by atoms with Gasteiger partial charge in [0, 0.05) is 51.5 Å². The third-order valence-corrected chi connectivity index (χ3v) is 3.82. The number of hydrogen-bond acceptors (Lipinski definition) is 4. The number of aliphatic hydroxyl groups excluding tert-OH is 1. The molecule has 0 radical (unpaired) electrons. The molecule has 0 unspecified atom stereocenters. The molecule has 1 heterocycles. The van der Waals surface area contributed by atoms with E-state index in [1.54, 1.807) is 0 Å². The normalized spacial score (nSPS) is 20.4. The largest absolute Gasteiger partial charge is 0.394 e. The highest BCUT2D eigenvalue weighted by Crippen LogP contribution is 2.16. The molecule has 4 nitrogen and oxygen atoms in total. The van der Waals surface area contributed by atoms with Crippen molar-refractivity contribution in [2.75, 3.05) is 46.4 Å². The van der Waals surface area contributed by atoms with Gasteiger partial charge in [-0.25, -0.2) is 0 Å². The van der Waals surface area contributed by atoms with Crippen molar-refractivity contribution in [3.05, 3.63) is 23.8 Å². The van der Waals surface area contributed by atoms with Crippen LogP contribution in [0.5, 0.6) is 0 Å². The van der Waals surface area contributed by atoms with Crippen LogP contribution in [-0.4, -0.2) is 73.0 Å². The molecule has 20 heavy (non-hydrogen) atoms. The second-order valence-electron chi connectivity index (χ2n) is 5.89. The van der Waals surface area contributed by atoms with Gasteiger partial charge >= 0.3 is 0 Å². The van der Waals surface area contributed by atoms with Crippen LogP contribution in [0.25, 0.3) is 0 Å². The topological polar surface area (TPSA) is 39.1 Å². The Balaban J connectivity index is 2.53. The van der Waals surface area contributed by atoms with Gasteiger partial charge in [0.1, 0.15) is 0 Å². The molecular formula is C16H29N3O. The minimum Gasteiger partial charge on any atom is -0.394 e. The summed E-state index contributed by atoms with van der Waals surface area (Å²) in [7, 11) is 1.81. The summed E-state index contributed by atoms with van der Waals surface area (Å²) in [5.74, 6) is 0. The van der Waals surface area contributed by atoms with Crippen LogP contribution in [0.15, 0.2) is 28.8 Å². The number of nitrogens with zero attached hydrogens (tertiary/aromatic N) is 3. The van der Waals surface area contributed by atoms with Crippen LogP contribution in [0, 0.1) is 0 Å². The van der Waals surface area contributed by atoms with E-state index in [0.29, 0.717) is 0 Å². The maximum absolute atomic E-state index is 9.44. The fourth-order valence-electron chi connectivity index (χ4n) is 2.39. The summed E-state index contributed by atoms with van der Waals surface area (Å²) in [5, 5.41) is 9.44. The summed E-state index contributed by atoms with van der Waals surface area (Å²) >= 11 is 0. The number of aliphatic hydroxyl groups is 1. The summed E-state index contributed by atoms with van der Waals surface area (Å²) < 4.78 is 0. The maximum atomic E-state index is 9.44. The van der Waals surface area contributed by atoms with E-state index in [0.717, 1.165) is 32.7 Å². The molecule has 1 aliphatic heterocycles. The molecule has 0 aromatic heterocycles. The van der Waals surface area contributed by atoms with E-state index in [-0.39, 0.29) is 12.1 Å². The Morgan fingerprint density at radius 1 is 1.25 bits per heavy atom. The third-order valence-electron chi connectivity index (χ3n) is 3.82. The first kappa shape index (κ1) is 17.1. The van der Waals surface area contributed by atoms with Gasteiger partial charge in [-0.3, -0.25) is 14.8 Å². The summed E-state index contributed by atoms with van der Waals surface area (Å²) in [5.41, 5.74) is 1.13. The zero-order valence-corrected chi connectivity index (χ0v) is 13.3. The molecule has 0 spiro atoms. The van der Waals surface area contributed by atoms with Crippen molar-refractivity contribution in [3.63, 3.8) is 0 Å². The minimum atomic E-state index is -0.111. The van der Waals surface area contributed by atoms with Crippen LogP contribution >= 0.6 is 0 Å². The molecule has 0 bridgehead atoms. The average Bonchev–Trinajstić information content (AvgIpc) is 2.45. The van der Waals surface area contributed by atoms with Gasteiger partial charge in [-0.1, -0.05) is 18.2 Å². The van der Waals surface area contributed by atoms with Crippen molar-refractivity contribution in [1.29, 1.82) is 0 Å². The highest BCUT2D eigenvalue weighted by atomic mass is 16.3. The van der Waals surface area contributed by atoms with E-state index in [1.165, 1.54) is 5.57 Å². The van der Waals surface area contributed by atoms with Gasteiger partial charge in [-0.05, 0) is 26.3 Å². The second kappa shape index (κ2) is 8.35. The molecule has 1 fully saturated rings. The Hall–Kier alpha value is -0.970. The zero-order chi connectivity index (χ0) is 15.0. The Kier molecular flexibility index (Phi) is 7.13. The molecule has 0 amide bonds. The molecule has 4 heteroatoms. The summed E-state index contributed by atoms with van der Waals surface area (Å²) in [4.78, 5) is 8.94. The molecule has 114 valence electrons. The molecule has 0 aliphatic carbocycles. The molecule has 0 aromatic carbocycles. The fourth-order valence-corrected chi connectivity index (χ4v) is 2.39. The van der Waals surface area contributed by atoms with Crippen molar-refractivity contribution in [3.8, 4) is 0 Å². The van der Waals surface area contributed by atoms with Crippen molar-refractivity contribution < 1.29 is 5.11 Å². The lowest BCUT2D eigenvalue weighted by molar-refractivity contribution is 0.0193. The van der Waals surface area contributed by atoms with Gasteiger partial charge < -0.3 is 5.11 Å². The van der Waals surface area contributed by atoms with E-state index < -0.39 is 0 Å². The van der Waals surface area contributed by atoms with E-state index >= 15 is 0 Å².